The molecule has 1 aliphatic rings. The molecule has 0 aliphatic heterocycles. The molecule has 0 saturated heterocycles. The minimum atomic E-state index is -0.810. The van der Waals surface area contributed by atoms with Crippen LogP contribution in [-0.2, 0) is 4.79 Å². The van der Waals surface area contributed by atoms with Crippen LogP contribution in [0.2, 0.25) is 0 Å². The van der Waals surface area contributed by atoms with E-state index in [4.69, 9.17) is 5.11 Å². The molecule has 0 radical (unpaired) electrons. The van der Waals surface area contributed by atoms with Crippen molar-refractivity contribution >= 4 is 5.97 Å². The SMILES string of the molecule is O=C(O)CNCC1=CCCC=C1. The molecule has 3 heteroatoms. The molecule has 12 heavy (non-hydrogen) atoms. The zero-order valence-electron chi connectivity index (χ0n) is 6.92. The second kappa shape index (κ2) is 4.72. The molecule has 3 nitrogen and oxygen atoms in total. The van der Waals surface area contributed by atoms with Crippen LogP contribution in [0.3, 0.4) is 0 Å². The standard InChI is InChI=1S/C9H13NO2/c11-9(12)7-10-6-8-4-2-1-3-5-8/h2,4-5,10H,1,3,6-7H2,(H,11,12). The first-order valence-electron chi connectivity index (χ1n) is 4.07. The molecule has 0 saturated carbocycles. The lowest BCUT2D eigenvalue weighted by atomic mass is 10.1. The highest BCUT2D eigenvalue weighted by Gasteiger charge is 1.98. The Kier molecular flexibility index (Phi) is 3.54. The molecule has 0 atom stereocenters. The number of carboxylic acid groups (broad SMARTS) is 1. The van der Waals surface area contributed by atoms with Crippen molar-refractivity contribution in [1.29, 1.82) is 0 Å². The molecule has 66 valence electrons. The van der Waals surface area contributed by atoms with E-state index in [-0.39, 0.29) is 6.54 Å². The summed E-state index contributed by atoms with van der Waals surface area (Å²) in [4.78, 5) is 10.1. The van der Waals surface area contributed by atoms with Crippen LogP contribution >= 0.6 is 0 Å². The van der Waals surface area contributed by atoms with Gasteiger partial charge in [-0.3, -0.25) is 4.79 Å². The number of carboxylic acids is 1. The van der Waals surface area contributed by atoms with Gasteiger partial charge in [-0.25, -0.2) is 0 Å². The van der Waals surface area contributed by atoms with Gasteiger partial charge in [0.2, 0.25) is 0 Å². The maximum Gasteiger partial charge on any atom is 0.317 e. The van der Waals surface area contributed by atoms with Gasteiger partial charge in [-0.1, -0.05) is 18.2 Å². The van der Waals surface area contributed by atoms with E-state index in [0.29, 0.717) is 6.54 Å². The first-order chi connectivity index (χ1) is 5.79. The molecular weight excluding hydrogens is 154 g/mol. The van der Waals surface area contributed by atoms with E-state index in [1.54, 1.807) is 0 Å². The molecule has 0 fully saturated rings. The van der Waals surface area contributed by atoms with Crippen LogP contribution in [0.25, 0.3) is 0 Å². The molecule has 0 heterocycles. The Hall–Kier alpha value is -1.09. The lowest BCUT2D eigenvalue weighted by molar-refractivity contribution is -0.135. The minimum Gasteiger partial charge on any atom is -0.480 e. The smallest absolute Gasteiger partial charge is 0.317 e. The van der Waals surface area contributed by atoms with Crippen molar-refractivity contribution in [3.63, 3.8) is 0 Å². The fourth-order valence-corrected chi connectivity index (χ4v) is 1.11. The van der Waals surface area contributed by atoms with Gasteiger partial charge in [-0.2, -0.15) is 0 Å². The third kappa shape index (κ3) is 3.34. The molecule has 0 amide bonds. The van der Waals surface area contributed by atoms with Gasteiger partial charge in [0.15, 0.2) is 0 Å². The van der Waals surface area contributed by atoms with Crippen molar-refractivity contribution in [3.05, 3.63) is 23.8 Å². The summed E-state index contributed by atoms with van der Waals surface area (Å²) in [7, 11) is 0. The summed E-state index contributed by atoms with van der Waals surface area (Å²) < 4.78 is 0. The molecule has 0 unspecified atom stereocenters. The van der Waals surface area contributed by atoms with Crippen molar-refractivity contribution in [2.24, 2.45) is 0 Å². The third-order valence-corrected chi connectivity index (χ3v) is 1.68. The summed E-state index contributed by atoms with van der Waals surface area (Å²) in [6.07, 6.45) is 8.45. The number of hydrogen-bond donors (Lipinski definition) is 2. The van der Waals surface area contributed by atoms with E-state index in [1.807, 2.05) is 6.08 Å². The van der Waals surface area contributed by atoms with Gasteiger partial charge in [0, 0.05) is 6.54 Å². The lowest BCUT2D eigenvalue weighted by Crippen LogP contribution is -2.24. The monoisotopic (exact) mass is 167 g/mol. The van der Waals surface area contributed by atoms with E-state index in [2.05, 4.69) is 17.5 Å². The van der Waals surface area contributed by atoms with Gasteiger partial charge in [0.1, 0.15) is 0 Å². The summed E-state index contributed by atoms with van der Waals surface area (Å²) in [5.74, 6) is -0.810. The van der Waals surface area contributed by atoms with Crippen LogP contribution in [-0.4, -0.2) is 24.2 Å². The lowest BCUT2D eigenvalue weighted by Gasteiger charge is -2.06. The first-order valence-corrected chi connectivity index (χ1v) is 4.07. The van der Waals surface area contributed by atoms with E-state index < -0.39 is 5.97 Å². The molecule has 0 aromatic carbocycles. The zero-order valence-corrected chi connectivity index (χ0v) is 6.92. The summed E-state index contributed by atoms with van der Waals surface area (Å²) in [6, 6.07) is 0. The molecule has 1 rings (SSSR count). The Labute approximate surface area is 71.8 Å². The second-order valence-corrected chi connectivity index (χ2v) is 2.76. The molecule has 0 aromatic rings. The summed E-state index contributed by atoms with van der Waals surface area (Å²) >= 11 is 0. The molecule has 0 spiro atoms. The largest absolute Gasteiger partial charge is 0.480 e. The van der Waals surface area contributed by atoms with Gasteiger partial charge in [0.25, 0.3) is 0 Å². The van der Waals surface area contributed by atoms with E-state index in [9.17, 15) is 4.79 Å². The van der Waals surface area contributed by atoms with Gasteiger partial charge in [-0.05, 0) is 18.4 Å². The summed E-state index contributed by atoms with van der Waals surface area (Å²) in [6.45, 7) is 0.688. The highest BCUT2D eigenvalue weighted by molar-refractivity contribution is 5.69. The van der Waals surface area contributed by atoms with Crippen LogP contribution in [0.15, 0.2) is 23.8 Å². The normalized spacial score (nSPS) is 15.8. The highest BCUT2D eigenvalue weighted by Crippen LogP contribution is 2.07. The average Bonchev–Trinajstić information content (AvgIpc) is 2.05. The predicted octanol–water partition coefficient (Wildman–Crippen LogP) is 0.937. The zero-order chi connectivity index (χ0) is 8.81. The van der Waals surface area contributed by atoms with Crippen LogP contribution < -0.4 is 5.32 Å². The number of nitrogens with one attached hydrogen (secondary N) is 1. The van der Waals surface area contributed by atoms with Crippen molar-refractivity contribution in [1.82, 2.24) is 5.32 Å². The number of carbonyl (C=O) groups is 1. The molecular formula is C9H13NO2. The van der Waals surface area contributed by atoms with Crippen LogP contribution in [0.5, 0.6) is 0 Å². The average molecular weight is 167 g/mol. The molecule has 0 aromatic heterocycles. The van der Waals surface area contributed by atoms with Gasteiger partial charge in [0.05, 0.1) is 6.54 Å². The topological polar surface area (TPSA) is 49.3 Å². The van der Waals surface area contributed by atoms with E-state index in [0.717, 1.165) is 12.8 Å². The van der Waals surface area contributed by atoms with Crippen molar-refractivity contribution in [2.75, 3.05) is 13.1 Å². The quantitative estimate of drug-likeness (QED) is 0.655. The van der Waals surface area contributed by atoms with Crippen molar-refractivity contribution in [3.8, 4) is 0 Å². The third-order valence-electron chi connectivity index (χ3n) is 1.68. The number of rotatable bonds is 4. The Morgan fingerprint density at radius 3 is 3.00 bits per heavy atom. The van der Waals surface area contributed by atoms with E-state index >= 15 is 0 Å². The Morgan fingerprint density at radius 1 is 1.58 bits per heavy atom. The summed E-state index contributed by atoms with van der Waals surface area (Å²) in [5, 5.41) is 11.2. The molecule has 0 bridgehead atoms. The first kappa shape index (κ1) is 9.00. The Bertz CT molecular complexity index is 219. The van der Waals surface area contributed by atoms with Gasteiger partial charge < -0.3 is 10.4 Å². The highest BCUT2D eigenvalue weighted by atomic mass is 16.4. The Morgan fingerprint density at radius 2 is 2.42 bits per heavy atom. The van der Waals surface area contributed by atoms with Crippen molar-refractivity contribution < 1.29 is 9.90 Å². The van der Waals surface area contributed by atoms with Gasteiger partial charge >= 0.3 is 5.97 Å². The molecule has 1 aliphatic carbocycles. The van der Waals surface area contributed by atoms with Crippen LogP contribution in [0, 0.1) is 0 Å². The fourth-order valence-electron chi connectivity index (χ4n) is 1.11. The Balaban J connectivity index is 2.18. The maximum absolute atomic E-state index is 10.1. The van der Waals surface area contributed by atoms with Gasteiger partial charge in [-0.15, -0.1) is 0 Å². The number of aliphatic carboxylic acids is 1. The second-order valence-electron chi connectivity index (χ2n) is 2.76. The van der Waals surface area contributed by atoms with Crippen molar-refractivity contribution in [2.45, 2.75) is 12.8 Å². The predicted molar refractivity (Wildman–Crippen MR) is 47.0 cm³/mol. The maximum atomic E-state index is 10.1. The van der Waals surface area contributed by atoms with Crippen LogP contribution in [0.4, 0.5) is 0 Å². The fraction of sp³-hybridized carbons (Fsp3) is 0.444. The van der Waals surface area contributed by atoms with E-state index in [1.165, 1.54) is 5.57 Å². The minimum absolute atomic E-state index is 0.0329. The number of allylic oxidation sites excluding steroid dienone is 2. The van der Waals surface area contributed by atoms with Crippen LogP contribution in [0.1, 0.15) is 12.8 Å². The molecule has 2 N–H and O–H groups in total. The number of hydrogen-bond acceptors (Lipinski definition) is 2. The summed E-state index contributed by atoms with van der Waals surface area (Å²) in [5.41, 5.74) is 1.18.